The molecule has 0 saturated carbocycles. The van der Waals surface area contributed by atoms with E-state index < -0.39 is 0 Å². The van der Waals surface area contributed by atoms with Gasteiger partial charge in [0.05, 0.1) is 0 Å². The summed E-state index contributed by atoms with van der Waals surface area (Å²) in [5, 5.41) is 0. The van der Waals surface area contributed by atoms with Crippen molar-refractivity contribution in [2.75, 3.05) is 0 Å². The molecule has 3 aromatic carbocycles. The maximum absolute atomic E-state index is 2.86. The molecular weight excluding hydrogens is 326 g/mol. The van der Waals surface area contributed by atoms with E-state index in [0.29, 0.717) is 0 Å². The molecule has 24 heavy (non-hydrogen) atoms. The third kappa shape index (κ3) is 3.77. The molecule has 0 aliphatic carbocycles. The van der Waals surface area contributed by atoms with Crippen molar-refractivity contribution in [2.45, 2.75) is 25.7 Å². The van der Waals surface area contributed by atoms with E-state index in [1.807, 2.05) is 0 Å². The summed E-state index contributed by atoms with van der Waals surface area (Å²) in [6.07, 6.45) is 3.07. The first-order valence-corrected chi connectivity index (χ1v) is 10.1. The smallest absolute Gasteiger partial charge is 0.0122 e. The van der Waals surface area contributed by atoms with Crippen LogP contribution in [0.15, 0.2) is 66.7 Å². The predicted molar refractivity (Wildman–Crippen MR) is 114 cm³/mol. The summed E-state index contributed by atoms with van der Waals surface area (Å²) in [5.74, 6) is 0. The highest BCUT2D eigenvalue weighted by molar-refractivity contribution is 7.15. The topological polar surface area (TPSA) is 0 Å². The Morgan fingerprint density at radius 3 is 2.04 bits per heavy atom. The minimum Gasteiger partial charge on any atom is -0.133 e. The van der Waals surface area contributed by atoms with E-state index in [9.17, 15) is 0 Å². The van der Waals surface area contributed by atoms with E-state index in [0.717, 1.165) is 18.7 Å². The SMILES string of the molecule is CCc1ccc(-c2cccc(-c3ccc(CP)cc3)c2)c(CP)c1. The van der Waals surface area contributed by atoms with Gasteiger partial charge in [0.25, 0.3) is 0 Å². The van der Waals surface area contributed by atoms with Crippen molar-refractivity contribution >= 4 is 18.5 Å². The van der Waals surface area contributed by atoms with Crippen LogP contribution in [0.2, 0.25) is 0 Å². The van der Waals surface area contributed by atoms with Gasteiger partial charge in [-0.05, 0) is 63.8 Å². The highest BCUT2D eigenvalue weighted by atomic mass is 31.0. The van der Waals surface area contributed by atoms with Crippen LogP contribution in [0, 0.1) is 0 Å². The fraction of sp³-hybridized carbons (Fsp3) is 0.182. The summed E-state index contributed by atoms with van der Waals surface area (Å²) >= 11 is 0. The molecule has 2 atom stereocenters. The van der Waals surface area contributed by atoms with E-state index in [1.165, 1.54) is 38.9 Å². The van der Waals surface area contributed by atoms with Gasteiger partial charge in [0.2, 0.25) is 0 Å². The molecule has 0 heterocycles. The minimum absolute atomic E-state index is 0.982. The van der Waals surface area contributed by atoms with Crippen LogP contribution in [0.1, 0.15) is 23.6 Å². The van der Waals surface area contributed by atoms with Crippen molar-refractivity contribution in [3.05, 3.63) is 83.4 Å². The predicted octanol–water partition coefficient (Wildman–Crippen LogP) is 6.33. The first kappa shape index (κ1) is 17.3. The Bertz CT molecular complexity index is 820. The minimum atomic E-state index is 0.982. The molecule has 3 rings (SSSR count). The van der Waals surface area contributed by atoms with Crippen molar-refractivity contribution in [2.24, 2.45) is 0 Å². The molecule has 0 bridgehead atoms. The molecule has 2 heteroatoms. The van der Waals surface area contributed by atoms with Gasteiger partial charge in [-0.1, -0.05) is 67.6 Å². The van der Waals surface area contributed by atoms with Gasteiger partial charge in [0.15, 0.2) is 0 Å². The zero-order valence-electron chi connectivity index (χ0n) is 14.1. The number of rotatable bonds is 5. The third-order valence-electron chi connectivity index (χ3n) is 4.49. The molecule has 0 aromatic heterocycles. The largest absolute Gasteiger partial charge is 0.133 e. The van der Waals surface area contributed by atoms with E-state index in [2.05, 4.69) is 92.1 Å². The highest BCUT2D eigenvalue weighted by Gasteiger charge is 2.07. The Balaban J connectivity index is 2.01. The Labute approximate surface area is 150 Å². The van der Waals surface area contributed by atoms with Gasteiger partial charge in [0, 0.05) is 0 Å². The molecule has 0 fully saturated rings. The van der Waals surface area contributed by atoms with Gasteiger partial charge in [-0.3, -0.25) is 0 Å². The summed E-state index contributed by atoms with van der Waals surface area (Å²) in [4.78, 5) is 0. The van der Waals surface area contributed by atoms with Gasteiger partial charge in [0.1, 0.15) is 0 Å². The van der Waals surface area contributed by atoms with Gasteiger partial charge in [-0.15, -0.1) is 18.5 Å². The summed E-state index contributed by atoms with van der Waals surface area (Å²) in [7, 11) is 5.64. The van der Waals surface area contributed by atoms with Crippen LogP contribution in [-0.2, 0) is 18.7 Å². The molecular formula is C22H24P2. The lowest BCUT2D eigenvalue weighted by Crippen LogP contribution is -1.90. The molecule has 0 nitrogen and oxygen atoms in total. The number of benzene rings is 3. The quantitative estimate of drug-likeness (QED) is 0.472. The average molecular weight is 350 g/mol. The summed E-state index contributed by atoms with van der Waals surface area (Å²) in [6.45, 7) is 2.21. The monoisotopic (exact) mass is 350 g/mol. The van der Waals surface area contributed by atoms with E-state index >= 15 is 0 Å². The average Bonchev–Trinajstić information content (AvgIpc) is 2.67. The van der Waals surface area contributed by atoms with Crippen molar-refractivity contribution in [3.8, 4) is 22.3 Å². The van der Waals surface area contributed by atoms with Crippen LogP contribution in [0.4, 0.5) is 0 Å². The van der Waals surface area contributed by atoms with Gasteiger partial charge < -0.3 is 0 Å². The summed E-state index contributed by atoms with van der Waals surface area (Å²) < 4.78 is 0. The fourth-order valence-electron chi connectivity index (χ4n) is 3.02. The van der Waals surface area contributed by atoms with E-state index in [-0.39, 0.29) is 0 Å². The Morgan fingerprint density at radius 2 is 1.38 bits per heavy atom. The summed E-state index contributed by atoms with van der Waals surface area (Å²) in [6, 6.07) is 24.6. The first-order valence-electron chi connectivity index (χ1n) is 8.47. The van der Waals surface area contributed by atoms with Gasteiger partial charge >= 0.3 is 0 Å². The molecule has 0 saturated heterocycles. The van der Waals surface area contributed by atoms with Crippen molar-refractivity contribution in [3.63, 3.8) is 0 Å². The third-order valence-corrected chi connectivity index (χ3v) is 5.41. The van der Waals surface area contributed by atoms with E-state index in [4.69, 9.17) is 0 Å². The highest BCUT2D eigenvalue weighted by Crippen LogP contribution is 2.30. The second-order valence-corrected chi connectivity index (χ2v) is 6.85. The number of hydrogen-bond acceptors (Lipinski definition) is 0. The lowest BCUT2D eigenvalue weighted by atomic mass is 9.94. The van der Waals surface area contributed by atoms with Gasteiger partial charge in [-0.25, -0.2) is 0 Å². The lowest BCUT2D eigenvalue weighted by molar-refractivity contribution is 1.13. The summed E-state index contributed by atoms with van der Waals surface area (Å²) in [5.41, 5.74) is 9.33. The van der Waals surface area contributed by atoms with Crippen molar-refractivity contribution in [1.29, 1.82) is 0 Å². The maximum Gasteiger partial charge on any atom is -0.0122 e. The number of hydrogen-bond donors (Lipinski definition) is 0. The zero-order chi connectivity index (χ0) is 16.9. The van der Waals surface area contributed by atoms with Crippen molar-refractivity contribution < 1.29 is 0 Å². The molecule has 3 aromatic rings. The van der Waals surface area contributed by atoms with Crippen LogP contribution < -0.4 is 0 Å². The Morgan fingerprint density at radius 1 is 0.667 bits per heavy atom. The van der Waals surface area contributed by atoms with Crippen LogP contribution in [0.5, 0.6) is 0 Å². The number of aryl methyl sites for hydroxylation is 1. The molecule has 0 N–H and O–H groups in total. The van der Waals surface area contributed by atoms with Crippen molar-refractivity contribution in [1.82, 2.24) is 0 Å². The molecule has 0 aliphatic heterocycles. The van der Waals surface area contributed by atoms with Crippen LogP contribution >= 0.6 is 18.5 Å². The molecule has 2 unspecified atom stereocenters. The van der Waals surface area contributed by atoms with Gasteiger partial charge in [-0.2, -0.15) is 0 Å². The second kappa shape index (κ2) is 8.06. The molecule has 0 aliphatic rings. The first-order chi connectivity index (χ1) is 11.7. The molecule has 0 radical (unpaired) electrons. The van der Waals surface area contributed by atoms with E-state index in [1.54, 1.807) is 0 Å². The van der Waals surface area contributed by atoms with Crippen LogP contribution in [0.25, 0.3) is 22.3 Å². The standard InChI is InChI=1S/C22H24P2/c1-2-16-8-11-22(21(12-16)15-24)20-5-3-4-19(13-20)18-9-6-17(14-23)7-10-18/h3-13H,2,14-15,23-24H2,1H3. The molecule has 0 spiro atoms. The molecule has 0 amide bonds. The Kier molecular flexibility index (Phi) is 5.83. The maximum atomic E-state index is 2.86. The zero-order valence-corrected chi connectivity index (χ0v) is 16.4. The second-order valence-electron chi connectivity index (χ2n) is 6.03. The normalized spacial score (nSPS) is 10.8. The molecule has 122 valence electrons. The Hall–Kier alpha value is -1.48. The lowest BCUT2D eigenvalue weighted by Gasteiger charge is -2.12. The van der Waals surface area contributed by atoms with Crippen LogP contribution in [0.3, 0.4) is 0 Å². The fourth-order valence-corrected chi connectivity index (χ4v) is 3.63. The van der Waals surface area contributed by atoms with Crippen LogP contribution in [-0.4, -0.2) is 0 Å².